The van der Waals surface area contributed by atoms with Gasteiger partial charge in [0.2, 0.25) is 0 Å². The van der Waals surface area contributed by atoms with Gasteiger partial charge in [-0.15, -0.1) is 11.3 Å². The summed E-state index contributed by atoms with van der Waals surface area (Å²) in [5.41, 5.74) is 1.43. The predicted molar refractivity (Wildman–Crippen MR) is 93.8 cm³/mol. The molecule has 1 saturated heterocycles. The summed E-state index contributed by atoms with van der Waals surface area (Å²) >= 11 is 1.64. The molecule has 2 heterocycles. The number of methoxy groups -OCH3 is 1. The molecule has 1 atom stereocenters. The highest BCUT2D eigenvalue weighted by atomic mass is 32.1. The SMILES string of the molecule is COc1ccccc1-c1nc(CN2CCCC2C(C)(C)O)cs1. The maximum atomic E-state index is 10.3. The summed E-state index contributed by atoms with van der Waals surface area (Å²) in [6, 6.07) is 8.18. The Labute approximate surface area is 141 Å². The van der Waals surface area contributed by atoms with Crippen molar-refractivity contribution in [3.63, 3.8) is 0 Å². The van der Waals surface area contributed by atoms with Crippen LogP contribution in [0.5, 0.6) is 5.75 Å². The molecule has 1 aromatic heterocycles. The van der Waals surface area contributed by atoms with Crippen molar-refractivity contribution in [2.24, 2.45) is 0 Å². The molecule has 0 saturated carbocycles. The molecule has 1 aliphatic heterocycles. The minimum absolute atomic E-state index is 0.207. The molecule has 0 bridgehead atoms. The molecule has 0 aliphatic carbocycles. The van der Waals surface area contributed by atoms with Crippen LogP contribution < -0.4 is 4.74 Å². The van der Waals surface area contributed by atoms with Crippen molar-refractivity contribution in [3.05, 3.63) is 35.3 Å². The van der Waals surface area contributed by atoms with Crippen molar-refractivity contribution in [3.8, 4) is 16.3 Å². The second-order valence-corrected chi connectivity index (χ2v) is 7.48. The first-order chi connectivity index (χ1) is 11.0. The van der Waals surface area contributed by atoms with E-state index in [1.807, 2.05) is 38.1 Å². The number of benzene rings is 1. The van der Waals surface area contributed by atoms with Gasteiger partial charge >= 0.3 is 0 Å². The molecule has 0 radical (unpaired) electrons. The molecule has 5 heteroatoms. The summed E-state index contributed by atoms with van der Waals surface area (Å²) in [4.78, 5) is 7.13. The van der Waals surface area contributed by atoms with E-state index in [1.54, 1.807) is 18.4 Å². The Morgan fingerprint density at radius 2 is 2.17 bits per heavy atom. The van der Waals surface area contributed by atoms with Gasteiger partial charge in [-0.2, -0.15) is 0 Å². The number of aromatic nitrogens is 1. The van der Waals surface area contributed by atoms with Crippen LogP contribution in [0.2, 0.25) is 0 Å². The van der Waals surface area contributed by atoms with Crippen molar-refractivity contribution in [2.45, 2.75) is 44.9 Å². The number of aliphatic hydroxyl groups is 1. The van der Waals surface area contributed by atoms with E-state index < -0.39 is 5.60 Å². The zero-order chi connectivity index (χ0) is 16.4. The molecule has 0 spiro atoms. The van der Waals surface area contributed by atoms with E-state index in [-0.39, 0.29) is 6.04 Å². The topological polar surface area (TPSA) is 45.6 Å². The van der Waals surface area contributed by atoms with E-state index in [1.165, 1.54) is 0 Å². The molecule has 0 amide bonds. The van der Waals surface area contributed by atoms with Crippen molar-refractivity contribution in [1.82, 2.24) is 9.88 Å². The molecule has 124 valence electrons. The van der Waals surface area contributed by atoms with Crippen LogP contribution in [0.15, 0.2) is 29.6 Å². The van der Waals surface area contributed by atoms with Crippen LogP contribution in [0.1, 0.15) is 32.4 Å². The van der Waals surface area contributed by atoms with Crippen molar-refractivity contribution in [2.75, 3.05) is 13.7 Å². The van der Waals surface area contributed by atoms with Gasteiger partial charge in [-0.1, -0.05) is 12.1 Å². The molecule has 4 nitrogen and oxygen atoms in total. The Kier molecular flexibility index (Phi) is 4.71. The summed E-state index contributed by atoms with van der Waals surface area (Å²) in [7, 11) is 1.69. The number of thiazole rings is 1. The third-order valence-corrected chi connectivity index (χ3v) is 5.36. The lowest BCUT2D eigenvalue weighted by molar-refractivity contribution is -0.00530. The standard InChI is InChI=1S/C18H24N2O2S/c1-18(2,21)16-9-6-10-20(16)11-13-12-23-17(19-13)14-7-4-5-8-15(14)22-3/h4-5,7-8,12,16,21H,6,9-11H2,1-3H3. The van der Waals surface area contributed by atoms with Gasteiger partial charge in [0, 0.05) is 18.0 Å². The number of ether oxygens (including phenoxy) is 1. The number of hydrogen-bond acceptors (Lipinski definition) is 5. The van der Waals surface area contributed by atoms with Gasteiger partial charge in [-0.3, -0.25) is 4.90 Å². The molecular formula is C18H24N2O2S. The van der Waals surface area contributed by atoms with E-state index in [0.717, 1.165) is 47.9 Å². The molecular weight excluding hydrogens is 308 g/mol. The minimum Gasteiger partial charge on any atom is -0.496 e. The monoisotopic (exact) mass is 332 g/mol. The molecule has 2 aromatic rings. The van der Waals surface area contributed by atoms with Gasteiger partial charge in [0.05, 0.1) is 24.0 Å². The number of rotatable bonds is 5. The van der Waals surface area contributed by atoms with Crippen LogP contribution >= 0.6 is 11.3 Å². The fourth-order valence-electron chi connectivity index (χ4n) is 3.35. The molecule has 1 aromatic carbocycles. The number of likely N-dealkylation sites (tertiary alicyclic amines) is 1. The van der Waals surface area contributed by atoms with Gasteiger partial charge in [0.1, 0.15) is 10.8 Å². The summed E-state index contributed by atoms with van der Waals surface area (Å²) in [5.74, 6) is 0.851. The van der Waals surface area contributed by atoms with Crippen LogP contribution in [0, 0.1) is 0 Å². The Balaban J connectivity index is 1.77. The Morgan fingerprint density at radius 3 is 2.91 bits per heavy atom. The summed E-state index contributed by atoms with van der Waals surface area (Å²) in [5, 5.41) is 13.4. The second kappa shape index (κ2) is 6.59. The maximum absolute atomic E-state index is 10.3. The molecule has 3 rings (SSSR count). The zero-order valence-electron chi connectivity index (χ0n) is 14.0. The smallest absolute Gasteiger partial charge is 0.129 e. The van der Waals surface area contributed by atoms with Crippen molar-refractivity contribution >= 4 is 11.3 Å². The molecule has 23 heavy (non-hydrogen) atoms. The highest BCUT2D eigenvalue weighted by Crippen LogP contribution is 2.33. The first-order valence-corrected chi connectivity index (χ1v) is 8.91. The van der Waals surface area contributed by atoms with Crippen molar-refractivity contribution < 1.29 is 9.84 Å². The summed E-state index contributed by atoms with van der Waals surface area (Å²) in [6.45, 7) is 5.62. The van der Waals surface area contributed by atoms with Gasteiger partial charge in [-0.05, 0) is 45.4 Å². The average molecular weight is 332 g/mol. The third kappa shape index (κ3) is 3.57. The Bertz CT molecular complexity index is 663. The molecule has 1 unspecified atom stereocenters. The van der Waals surface area contributed by atoms with Crippen molar-refractivity contribution in [1.29, 1.82) is 0 Å². The molecule has 1 fully saturated rings. The van der Waals surface area contributed by atoms with Crippen LogP contribution in [0.4, 0.5) is 0 Å². The van der Waals surface area contributed by atoms with E-state index in [4.69, 9.17) is 9.72 Å². The van der Waals surface area contributed by atoms with E-state index in [2.05, 4.69) is 10.3 Å². The third-order valence-electron chi connectivity index (χ3n) is 4.43. The highest BCUT2D eigenvalue weighted by Gasteiger charge is 2.35. The van der Waals surface area contributed by atoms with Gasteiger partial charge < -0.3 is 9.84 Å². The summed E-state index contributed by atoms with van der Waals surface area (Å²) < 4.78 is 5.43. The molecule has 1 N–H and O–H groups in total. The van der Waals surface area contributed by atoms with Gasteiger partial charge in [-0.25, -0.2) is 4.98 Å². The normalized spacial score (nSPS) is 19.2. The maximum Gasteiger partial charge on any atom is 0.129 e. The number of nitrogens with zero attached hydrogens (tertiary/aromatic N) is 2. The number of para-hydroxylation sites is 1. The average Bonchev–Trinajstić information content (AvgIpc) is 3.16. The number of hydrogen-bond donors (Lipinski definition) is 1. The fourth-order valence-corrected chi connectivity index (χ4v) is 4.19. The largest absolute Gasteiger partial charge is 0.496 e. The summed E-state index contributed by atoms with van der Waals surface area (Å²) in [6.07, 6.45) is 2.19. The second-order valence-electron chi connectivity index (χ2n) is 6.63. The van der Waals surface area contributed by atoms with Crippen LogP contribution in [0.25, 0.3) is 10.6 Å². The van der Waals surface area contributed by atoms with Crippen LogP contribution in [-0.2, 0) is 6.54 Å². The Hall–Kier alpha value is -1.43. The molecule has 1 aliphatic rings. The van der Waals surface area contributed by atoms with Crippen LogP contribution in [0.3, 0.4) is 0 Å². The quantitative estimate of drug-likeness (QED) is 0.909. The Morgan fingerprint density at radius 1 is 1.39 bits per heavy atom. The van der Waals surface area contributed by atoms with E-state index in [0.29, 0.717) is 0 Å². The lowest BCUT2D eigenvalue weighted by atomic mass is 9.96. The van der Waals surface area contributed by atoms with Gasteiger partial charge in [0.25, 0.3) is 0 Å². The first kappa shape index (κ1) is 16.4. The first-order valence-electron chi connectivity index (χ1n) is 8.03. The predicted octanol–water partition coefficient (Wildman–Crippen LogP) is 3.55. The van der Waals surface area contributed by atoms with E-state index >= 15 is 0 Å². The highest BCUT2D eigenvalue weighted by molar-refractivity contribution is 7.13. The fraction of sp³-hybridized carbons (Fsp3) is 0.500. The lowest BCUT2D eigenvalue weighted by Gasteiger charge is -2.33. The van der Waals surface area contributed by atoms with Crippen LogP contribution in [-0.4, -0.2) is 40.3 Å². The van der Waals surface area contributed by atoms with E-state index in [9.17, 15) is 5.11 Å². The zero-order valence-corrected chi connectivity index (χ0v) is 14.8. The lowest BCUT2D eigenvalue weighted by Crippen LogP contribution is -2.45. The minimum atomic E-state index is -0.669. The van der Waals surface area contributed by atoms with Gasteiger partial charge in [0.15, 0.2) is 0 Å².